The topological polar surface area (TPSA) is 87.7 Å². The fraction of sp³-hybridized carbons (Fsp3) is 0.550. The molecule has 3 amide bonds. The summed E-state index contributed by atoms with van der Waals surface area (Å²) >= 11 is 0. The third-order valence-corrected chi connectivity index (χ3v) is 6.10. The first-order valence-electron chi connectivity index (χ1n) is 9.46. The number of imide groups is 1. The average molecular weight is 371 g/mol. The van der Waals surface area contributed by atoms with Crippen LogP contribution in [0.3, 0.4) is 0 Å². The van der Waals surface area contributed by atoms with Crippen LogP contribution in [0.15, 0.2) is 24.3 Å². The van der Waals surface area contributed by atoms with Crippen molar-refractivity contribution in [2.45, 2.75) is 31.8 Å². The Morgan fingerprint density at radius 3 is 2.63 bits per heavy atom. The molecule has 4 rings (SSSR count). The number of fused-ring (bicyclic) bond motifs is 4. The molecule has 2 fully saturated rings. The second-order valence-corrected chi connectivity index (χ2v) is 7.90. The first-order valence-corrected chi connectivity index (χ1v) is 9.46. The number of ether oxygens (including phenoxy) is 1. The van der Waals surface area contributed by atoms with Crippen molar-refractivity contribution in [2.75, 3.05) is 25.6 Å². The lowest BCUT2D eigenvalue weighted by Crippen LogP contribution is -2.54. The number of para-hydroxylation sites is 1. The minimum absolute atomic E-state index is 0.105. The summed E-state index contributed by atoms with van der Waals surface area (Å²) in [7, 11) is 1.59. The number of amides is 3. The van der Waals surface area contributed by atoms with Gasteiger partial charge in [-0.25, -0.2) is 0 Å². The van der Waals surface area contributed by atoms with Crippen molar-refractivity contribution < 1.29 is 19.1 Å². The molecule has 7 nitrogen and oxygen atoms in total. The minimum atomic E-state index is -1.18. The van der Waals surface area contributed by atoms with Crippen molar-refractivity contribution >= 4 is 23.4 Å². The number of nitrogens with zero attached hydrogens (tertiary/aromatic N) is 1. The van der Waals surface area contributed by atoms with Gasteiger partial charge in [0.05, 0.1) is 11.8 Å². The van der Waals surface area contributed by atoms with Crippen LogP contribution in [-0.2, 0) is 24.7 Å². The molecule has 2 saturated heterocycles. The second kappa shape index (κ2) is 6.42. The van der Waals surface area contributed by atoms with E-state index in [1.807, 2.05) is 38.1 Å². The van der Waals surface area contributed by atoms with Crippen LogP contribution in [0, 0.1) is 17.8 Å². The van der Waals surface area contributed by atoms with Crippen LogP contribution < -0.4 is 10.6 Å². The summed E-state index contributed by atoms with van der Waals surface area (Å²) in [5.41, 5.74) is 0.281. The summed E-state index contributed by atoms with van der Waals surface area (Å²) in [5.74, 6) is -1.83. The van der Waals surface area contributed by atoms with Crippen molar-refractivity contribution in [2.24, 2.45) is 17.8 Å². The van der Waals surface area contributed by atoms with Gasteiger partial charge in [-0.1, -0.05) is 32.0 Å². The number of hydrogen-bond donors (Lipinski definition) is 2. The summed E-state index contributed by atoms with van der Waals surface area (Å²) in [4.78, 5) is 40.9. The first-order chi connectivity index (χ1) is 12.9. The first kappa shape index (κ1) is 18.1. The highest BCUT2D eigenvalue weighted by molar-refractivity contribution is 6.15. The zero-order chi connectivity index (χ0) is 19.3. The lowest BCUT2D eigenvalue weighted by molar-refractivity contribution is -0.143. The zero-order valence-corrected chi connectivity index (χ0v) is 15.8. The van der Waals surface area contributed by atoms with Crippen molar-refractivity contribution in [3.05, 3.63) is 29.8 Å². The lowest BCUT2D eigenvalue weighted by atomic mass is 9.76. The van der Waals surface area contributed by atoms with Crippen molar-refractivity contribution in [1.82, 2.24) is 10.2 Å². The maximum Gasteiger partial charge on any atom is 0.250 e. The number of benzene rings is 1. The largest absolute Gasteiger partial charge is 0.385 e. The summed E-state index contributed by atoms with van der Waals surface area (Å²) in [6, 6.07) is 7.17. The van der Waals surface area contributed by atoms with E-state index in [2.05, 4.69) is 10.6 Å². The number of hydrogen-bond acceptors (Lipinski definition) is 5. The van der Waals surface area contributed by atoms with Gasteiger partial charge >= 0.3 is 0 Å². The van der Waals surface area contributed by atoms with Crippen LogP contribution in [0.5, 0.6) is 0 Å². The summed E-state index contributed by atoms with van der Waals surface area (Å²) < 4.78 is 5.06. The normalized spacial score (nSPS) is 31.8. The number of carbonyl (C=O) groups excluding carboxylic acids is 3. The van der Waals surface area contributed by atoms with Crippen LogP contribution in [0.4, 0.5) is 5.69 Å². The van der Waals surface area contributed by atoms with E-state index in [1.54, 1.807) is 7.11 Å². The quantitative estimate of drug-likeness (QED) is 0.598. The molecule has 0 radical (unpaired) electrons. The molecule has 1 aromatic rings. The maximum atomic E-state index is 13.3. The lowest BCUT2D eigenvalue weighted by Gasteiger charge is -2.30. The predicted molar refractivity (Wildman–Crippen MR) is 98.7 cm³/mol. The number of carbonyl (C=O) groups is 3. The molecule has 0 aliphatic carbocycles. The molecule has 144 valence electrons. The van der Waals surface area contributed by atoms with Crippen molar-refractivity contribution in [3.8, 4) is 0 Å². The monoisotopic (exact) mass is 371 g/mol. The third kappa shape index (κ3) is 2.38. The molecule has 2 N–H and O–H groups in total. The highest BCUT2D eigenvalue weighted by Crippen LogP contribution is 2.53. The fourth-order valence-electron chi connectivity index (χ4n) is 4.91. The smallest absolute Gasteiger partial charge is 0.250 e. The van der Waals surface area contributed by atoms with E-state index < -0.39 is 17.4 Å². The standard InChI is InChI=1S/C20H25N3O4/c1-11(2)16-14-15(18(25)23(17(14)24)9-6-10-27-3)20(22-16)12-7-4-5-8-13(12)21-19(20)26/h4-5,7-8,11,14-16,22H,6,9-10H2,1-3H3,(H,21,26)/t14-,15-,16?,20?/m1/s1. The number of anilines is 1. The molecule has 3 aliphatic heterocycles. The molecule has 4 atom stereocenters. The van der Waals surface area contributed by atoms with Gasteiger partial charge < -0.3 is 10.1 Å². The Kier molecular flexibility index (Phi) is 4.31. The van der Waals surface area contributed by atoms with Gasteiger partial charge in [-0.2, -0.15) is 0 Å². The van der Waals surface area contributed by atoms with Crippen LogP contribution in [0.25, 0.3) is 0 Å². The van der Waals surface area contributed by atoms with Crippen molar-refractivity contribution in [3.63, 3.8) is 0 Å². The van der Waals surface area contributed by atoms with Gasteiger partial charge in [-0.3, -0.25) is 24.6 Å². The number of nitrogens with one attached hydrogen (secondary N) is 2. The van der Waals surface area contributed by atoms with Crippen molar-refractivity contribution in [1.29, 1.82) is 0 Å². The molecule has 27 heavy (non-hydrogen) atoms. The molecule has 7 heteroatoms. The van der Waals surface area contributed by atoms with Crippen LogP contribution in [0.1, 0.15) is 25.8 Å². The molecule has 3 heterocycles. The maximum absolute atomic E-state index is 13.3. The molecule has 1 spiro atoms. The highest BCUT2D eigenvalue weighted by atomic mass is 16.5. The van der Waals surface area contributed by atoms with Gasteiger partial charge in [0.2, 0.25) is 17.7 Å². The van der Waals surface area contributed by atoms with E-state index in [1.165, 1.54) is 4.90 Å². The molecule has 3 aliphatic rings. The third-order valence-electron chi connectivity index (χ3n) is 6.10. The fourth-order valence-corrected chi connectivity index (χ4v) is 4.91. The average Bonchev–Trinajstić information content (AvgIpc) is 3.22. The van der Waals surface area contributed by atoms with E-state index >= 15 is 0 Å². The van der Waals surface area contributed by atoms with Crippen LogP contribution >= 0.6 is 0 Å². The van der Waals surface area contributed by atoms with E-state index in [0.717, 1.165) is 5.56 Å². The molecular formula is C20H25N3O4. The van der Waals surface area contributed by atoms with Gasteiger partial charge in [-0.05, 0) is 18.4 Å². The molecule has 2 unspecified atom stereocenters. The Morgan fingerprint density at radius 1 is 1.19 bits per heavy atom. The Labute approximate surface area is 158 Å². The van der Waals surface area contributed by atoms with E-state index in [0.29, 0.717) is 25.3 Å². The molecule has 0 bridgehead atoms. The van der Waals surface area contributed by atoms with Gasteiger partial charge in [0.15, 0.2) is 0 Å². The summed E-state index contributed by atoms with van der Waals surface area (Å²) in [6.07, 6.45) is 0.586. The second-order valence-electron chi connectivity index (χ2n) is 7.90. The Morgan fingerprint density at radius 2 is 1.93 bits per heavy atom. The van der Waals surface area contributed by atoms with E-state index in [4.69, 9.17) is 4.74 Å². The Hall–Kier alpha value is -2.25. The van der Waals surface area contributed by atoms with Gasteiger partial charge in [0, 0.05) is 37.6 Å². The SMILES string of the molecule is COCCCN1C(=O)[C@H]2C(C(C)C)NC3(C(=O)Nc4ccccc43)[C@H]2C1=O. The molecule has 0 aromatic heterocycles. The minimum Gasteiger partial charge on any atom is -0.385 e. The van der Waals surface area contributed by atoms with Gasteiger partial charge in [0.1, 0.15) is 5.54 Å². The van der Waals surface area contributed by atoms with Crippen LogP contribution in [0.2, 0.25) is 0 Å². The Balaban J connectivity index is 1.79. The van der Waals surface area contributed by atoms with Crippen LogP contribution in [-0.4, -0.2) is 48.9 Å². The molecular weight excluding hydrogens is 346 g/mol. The highest BCUT2D eigenvalue weighted by Gasteiger charge is 2.70. The Bertz CT molecular complexity index is 808. The zero-order valence-electron chi connectivity index (χ0n) is 15.8. The number of likely N-dealkylation sites (tertiary alicyclic amines) is 1. The van der Waals surface area contributed by atoms with E-state index in [-0.39, 0.29) is 29.7 Å². The van der Waals surface area contributed by atoms with Gasteiger partial charge in [0.25, 0.3) is 0 Å². The summed E-state index contributed by atoms with van der Waals surface area (Å²) in [5, 5.41) is 6.32. The molecule has 0 saturated carbocycles. The predicted octanol–water partition coefficient (Wildman–Crippen LogP) is 1.10. The van der Waals surface area contributed by atoms with Gasteiger partial charge in [-0.15, -0.1) is 0 Å². The summed E-state index contributed by atoms with van der Waals surface area (Å²) in [6.45, 7) is 4.82. The van der Waals surface area contributed by atoms with E-state index in [9.17, 15) is 14.4 Å². The number of methoxy groups -OCH3 is 1. The number of rotatable bonds is 5. The molecule has 1 aromatic carbocycles.